The second-order valence-corrected chi connectivity index (χ2v) is 10.1. The number of carbonyl (C=O) groups is 2. The molecule has 8 nitrogen and oxygen atoms in total. The third-order valence-corrected chi connectivity index (χ3v) is 7.26. The third kappa shape index (κ3) is 5.10. The van der Waals surface area contributed by atoms with Gasteiger partial charge in [0.1, 0.15) is 5.65 Å². The molecular weight excluding hydrogens is 452 g/mol. The highest BCUT2D eigenvalue weighted by Gasteiger charge is 2.29. The van der Waals surface area contributed by atoms with Crippen molar-refractivity contribution in [2.45, 2.75) is 59.2 Å². The summed E-state index contributed by atoms with van der Waals surface area (Å²) in [4.78, 5) is 33.0. The summed E-state index contributed by atoms with van der Waals surface area (Å²) < 4.78 is 12.8. The smallest absolute Gasteiger partial charge is 0.356 e. The Bertz CT molecular complexity index is 1180. The zero-order valence-electron chi connectivity index (χ0n) is 20.1. The Hall–Kier alpha value is -2.91. The van der Waals surface area contributed by atoms with Crippen LogP contribution in [0.1, 0.15) is 53.4 Å². The number of hydrogen-bond donors (Lipinski definition) is 2. The fraction of sp³-hybridized carbons (Fsp3) is 0.480. The lowest BCUT2D eigenvalue weighted by molar-refractivity contribution is -0.119. The molecule has 0 unspecified atom stereocenters. The maximum Gasteiger partial charge on any atom is 0.356 e. The van der Waals surface area contributed by atoms with Crippen LogP contribution in [-0.2, 0) is 27.4 Å². The highest BCUT2D eigenvalue weighted by Crippen LogP contribution is 2.34. The van der Waals surface area contributed by atoms with Gasteiger partial charge in [-0.2, -0.15) is 0 Å². The summed E-state index contributed by atoms with van der Waals surface area (Å²) in [7, 11) is 1.35. The molecule has 3 aromatic heterocycles. The molecule has 1 fully saturated rings. The number of fused-ring (bicyclic) bond motifs is 1. The van der Waals surface area contributed by atoms with Gasteiger partial charge in [0, 0.05) is 34.2 Å². The van der Waals surface area contributed by atoms with Gasteiger partial charge < -0.3 is 24.7 Å². The van der Waals surface area contributed by atoms with Crippen LogP contribution in [0, 0.1) is 12.8 Å². The van der Waals surface area contributed by atoms with E-state index in [1.165, 1.54) is 16.9 Å². The van der Waals surface area contributed by atoms with Crippen LogP contribution in [0.2, 0.25) is 0 Å². The Labute approximate surface area is 203 Å². The second kappa shape index (κ2) is 10.6. The molecule has 4 heterocycles. The molecule has 0 aromatic carbocycles. The molecule has 9 heteroatoms. The number of nitrogens with zero attached hydrogens (tertiary/aromatic N) is 2. The van der Waals surface area contributed by atoms with Crippen molar-refractivity contribution in [2.24, 2.45) is 5.92 Å². The van der Waals surface area contributed by atoms with Crippen LogP contribution in [-0.4, -0.2) is 41.2 Å². The Kier molecular flexibility index (Phi) is 7.53. The summed E-state index contributed by atoms with van der Waals surface area (Å²) in [6.45, 7) is 7.75. The predicted molar refractivity (Wildman–Crippen MR) is 135 cm³/mol. The number of hydrogen-bond acceptors (Lipinski definition) is 7. The predicted octanol–water partition coefficient (Wildman–Crippen LogP) is 4.97. The lowest BCUT2D eigenvalue weighted by Gasteiger charge is -2.15. The Morgan fingerprint density at radius 3 is 2.85 bits per heavy atom. The van der Waals surface area contributed by atoms with E-state index in [0.29, 0.717) is 48.5 Å². The van der Waals surface area contributed by atoms with Gasteiger partial charge in [0.2, 0.25) is 5.91 Å². The molecule has 2 N–H and O–H groups in total. The summed E-state index contributed by atoms with van der Waals surface area (Å²) in [6.07, 6.45) is 4.33. The monoisotopic (exact) mass is 484 g/mol. The summed E-state index contributed by atoms with van der Waals surface area (Å²) >= 11 is 1.74. The van der Waals surface area contributed by atoms with E-state index in [2.05, 4.69) is 29.7 Å². The number of esters is 1. The summed E-state index contributed by atoms with van der Waals surface area (Å²) in [5, 5.41) is 7.11. The van der Waals surface area contributed by atoms with E-state index in [4.69, 9.17) is 14.5 Å². The van der Waals surface area contributed by atoms with E-state index >= 15 is 0 Å². The molecule has 0 saturated carbocycles. The Morgan fingerprint density at radius 1 is 1.38 bits per heavy atom. The van der Waals surface area contributed by atoms with Crippen molar-refractivity contribution in [3.05, 3.63) is 39.8 Å². The third-order valence-electron chi connectivity index (χ3n) is 6.26. The molecule has 182 valence electrons. The van der Waals surface area contributed by atoms with Crippen LogP contribution in [0.5, 0.6) is 0 Å². The number of rotatable bonds is 9. The maximum absolute atomic E-state index is 12.9. The highest BCUT2D eigenvalue weighted by atomic mass is 32.1. The molecule has 2 atom stereocenters. The number of pyridine rings is 1. The molecule has 1 aliphatic heterocycles. The van der Waals surface area contributed by atoms with Crippen LogP contribution in [0.4, 0.5) is 11.4 Å². The maximum atomic E-state index is 12.9. The summed E-state index contributed by atoms with van der Waals surface area (Å²) in [6, 6.07) is 6.14. The van der Waals surface area contributed by atoms with Crippen molar-refractivity contribution >= 4 is 45.6 Å². The molecule has 0 radical (unpaired) electrons. The zero-order valence-corrected chi connectivity index (χ0v) is 21.0. The molecule has 34 heavy (non-hydrogen) atoms. The summed E-state index contributed by atoms with van der Waals surface area (Å²) in [5.74, 6) is -0.853. The van der Waals surface area contributed by atoms with Crippen molar-refractivity contribution in [3.8, 4) is 0 Å². The van der Waals surface area contributed by atoms with Crippen LogP contribution < -0.4 is 10.6 Å². The van der Waals surface area contributed by atoms with E-state index in [-0.39, 0.29) is 17.9 Å². The van der Waals surface area contributed by atoms with Gasteiger partial charge in [-0.25, -0.2) is 9.78 Å². The molecule has 4 rings (SSSR count). The Balaban J connectivity index is 1.77. The summed E-state index contributed by atoms with van der Waals surface area (Å²) in [5.41, 5.74) is 2.16. The molecule has 1 aliphatic rings. The number of nitrogens with one attached hydrogen (secondary N) is 2. The highest BCUT2D eigenvalue weighted by molar-refractivity contribution is 7.11. The fourth-order valence-corrected chi connectivity index (χ4v) is 4.96. The van der Waals surface area contributed by atoms with Gasteiger partial charge in [-0.05, 0) is 44.4 Å². The van der Waals surface area contributed by atoms with Gasteiger partial charge in [-0.15, -0.1) is 11.3 Å². The van der Waals surface area contributed by atoms with Gasteiger partial charge in [-0.3, -0.25) is 4.79 Å². The lowest BCUT2D eigenvalue weighted by atomic mass is 10.1. The first kappa shape index (κ1) is 24.2. The van der Waals surface area contributed by atoms with Gasteiger partial charge in [0.15, 0.2) is 5.69 Å². The first-order valence-corrected chi connectivity index (χ1v) is 12.5. The second-order valence-electron chi connectivity index (χ2n) is 8.72. The van der Waals surface area contributed by atoms with Crippen molar-refractivity contribution in [3.63, 3.8) is 0 Å². The van der Waals surface area contributed by atoms with E-state index in [9.17, 15) is 9.59 Å². The SMILES string of the molecule is CC[C@H](C)C(=O)Nc1c(C(=O)OC)n(C[C@@H]2CCCO2)c2ncc(NCc3ccc(C)s3)cc12. The topological polar surface area (TPSA) is 94.5 Å². The van der Waals surface area contributed by atoms with Crippen molar-refractivity contribution in [1.82, 2.24) is 9.55 Å². The number of carbonyl (C=O) groups excluding carboxylic acids is 2. The fourth-order valence-electron chi connectivity index (χ4n) is 4.13. The van der Waals surface area contributed by atoms with Crippen molar-refractivity contribution in [1.29, 1.82) is 0 Å². The van der Waals surface area contributed by atoms with Crippen LogP contribution in [0.15, 0.2) is 24.4 Å². The number of methoxy groups -OCH3 is 1. The van der Waals surface area contributed by atoms with Gasteiger partial charge in [0.05, 0.1) is 37.3 Å². The minimum atomic E-state index is -0.515. The standard InChI is InChI=1S/C25H32N4O4S/c1-5-15(2)24(30)28-21-20-11-17(26-13-19-9-8-16(3)34-19)12-27-23(20)29(22(21)25(31)32-4)14-18-7-6-10-33-18/h8-9,11-12,15,18,26H,5-7,10,13-14H2,1-4H3,(H,28,30)/t15-,18-/m0/s1. The molecule has 1 saturated heterocycles. The molecular formula is C25H32N4O4S. The largest absolute Gasteiger partial charge is 0.464 e. The minimum absolute atomic E-state index is 0.0150. The normalized spacial score (nSPS) is 16.5. The minimum Gasteiger partial charge on any atom is -0.464 e. The number of aryl methyl sites for hydroxylation is 1. The van der Waals surface area contributed by atoms with Crippen LogP contribution in [0.3, 0.4) is 0 Å². The first-order chi connectivity index (χ1) is 16.4. The van der Waals surface area contributed by atoms with Gasteiger partial charge >= 0.3 is 5.97 Å². The number of anilines is 2. The van der Waals surface area contributed by atoms with Gasteiger partial charge in [0.25, 0.3) is 0 Å². The number of amides is 1. The molecule has 3 aromatic rings. The van der Waals surface area contributed by atoms with Crippen molar-refractivity contribution < 1.29 is 19.1 Å². The first-order valence-electron chi connectivity index (χ1n) is 11.7. The average molecular weight is 485 g/mol. The van der Waals surface area contributed by atoms with E-state index in [1.54, 1.807) is 17.5 Å². The number of thiophene rings is 1. The van der Waals surface area contributed by atoms with E-state index < -0.39 is 5.97 Å². The van der Waals surface area contributed by atoms with Crippen molar-refractivity contribution in [2.75, 3.05) is 24.4 Å². The van der Waals surface area contributed by atoms with E-state index in [1.807, 2.05) is 24.5 Å². The van der Waals surface area contributed by atoms with Gasteiger partial charge in [-0.1, -0.05) is 13.8 Å². The molecule has 0 bridgehead atoms. The van der Waals surface area contributed by atoms with E-state index in [0.717, 1.165) is 18.5 Å². The zero-order chi connectivity index (χ0) is 24.2. The van der Waals surface area contributed by atoms with Crippen LogP contribution >= 0.6 is 11.3 Å². The molecule has 0 aliphatic carbocycles. The lowest BCUT2D eigenvalue weighted by Crippen LogP contribution is -2.23. The molecule has 0 spiro atoms. The molecule has 1 amide bonds. The number of ether oxygens (including phenoxy) is 2. The van der Waals surface area contributed by atoms with Crippen LogP contribution in [0.25, 0.3) is 11.0 Å². The quantitative estimate of drug-likeness (QED) is 0.417. The number of aromatic nitrogens is 2. The Morgan fingerprint density at radius 2 is 2.21 bits per heavy atom. The average Bonchev–Trinajstić information content (AvgIpc) is 3.57.